The van der Waals surface area contributed by atoms with Crippen LogP contribution in [0.4, 0.5) is 0 Å². The Balaban J connectivity index is 1.99. The molecule has 2 rings (SSSR count). The van der Waals surface area contributed by atoms with E-state index in [2.05, 4.69) is 10.6 Å². The quantitative estimate of drug-likeness (QED) is 0.814. The van der Waals surface area contributed by atoms with Gasteiger partial charge in [0.05, 0.1) is 0 Å². The van der Waals surface area contributed by atoms with Gasteiger partial charge in [0, 0.05) is 23.7 Å². The maximum Gasteiger partial charge on any atom is 0.251 e. The first kappa shape index (κ1) is 19.7. The zero-order valence-electron chi connectivity index (χ0n) is 15.2. The molecule has 0 aliphatic carbocycles. The van der Waals surface area contributed by atoms with Gasteiger partial charge < -0.3 is 15.5 Å². The number of hydrogen-bond donors (Lipinski definition) is 2. The van der Waals surface area contributed by atoms with Crippen molar-refractivity contribution in [3.05, 3.63) is 34.9 Å². The number of piperidine rings is 1. The van der Waals surface area contributed by atoms with Gasteiger partial charge in [-0.05, 0) is 62.5 Å². The van der Waals surface area contributed by atoms with Crippen LogP contribution in [0.15, 0.2) is 24.3 Å². The molecule has 2 N–H and O–H groups in total. The van der Waals surface area contributed by atoms with Crippen molar-refractivity contribution < 1.29 is 9.59 Å². The van der Waals surface area contributed by atoms with Gasteiger partial charge in [0.15, 0.2) is 0 Å². The Bertz CT molecular complexity index is 581. The van der Waals surface area contributed by atoms with Crippen LogP contribution < -0.4 is 10.6 Å². The number of carbonyl (C=O) groups excluding carboxylic acids is 2. The zero-order valence-corrected chi connectivity index (χ0v) is 16.0. The lowest BCUT2D eigenvalue weighted by atomic mass is 9.95. The van der Waals surface area contributed by atoms with Gasteiger partial charge in [-0.15, -0.1) is 0 Å². The number of nitrogens with zero attached hydrogens (tertiary/aromatic N) is 1. The second-order valence-corrected chi connectivity index (χ2v) is 7.46. The summed E-state index contributed by atoms with van der Waals surface area (Å²) in [4.78, 5) is 27.2. The SMILES string of the molecule is CNCC1CCN(C(=O)C(NC(=O)c2ccc(Cl)cc2)C(C)C)CC1. The highest BCUT2D eigenvalue weighted by Crippen LogP contribution is 2.19. The maximum absolute atomic E-state index is 12.9. The molecule has 1 unspecified atom stereocenters. The molecule has 1 aromatic carbocycles. The Morgan fingerprint density at radius 3 is 2.32 bits per heavy atom. The molecular weight excluding hydrogens is 338 g/mol. The van der Waals surface area contributed by atoms with E-state index in [1.807, 2.05) is 25.8 Å². The van der Waals surface area contributed by atoms with Gasteiger partial charge in [-0.25, -0.2) is 0 Å². The number of benzene rings is 1. The van der Waals surface area contributed by atoms with Gasteiger partial charge in [0.2, 0.25) is 5.91 Å². The molecule has 0 aromatic heterocycles. The fraction of sp³-hybridized carbons (Fsp3) is 0.579. The van der Waals surface area contributed by atoms with Crippen LogP contribution in [0.25, 0.3) is 0 Å². The predicted octanol–water partition coefficient (Wildman–Crippen LogP) is 2.55. The van der Waals surface area contributed by atoms with Crippen LogP contribution in [0.2, 0.25) is 5.02 Å². The van der Waals surface area contributed by atoms with Crippen LogP contribution in [0.1, 0.15) is 37.0 Å². The van der Waals surface area contributed by atoms with Crippen molar-refractivity contribution in [2.24, 2.45) is 11.8 Å². The number of amides is 2. The molecule has 0 saturated carbocycles. The topological polar surface area (TPSA) is 61.4 Å². The summed E-state index contributed by atoms with van der Waals surface area (Å²) in [6.45, 7) is 6.41. The van der Waals surface area contributed by atoms with E-state index in [0.717, 1.165) is 32.5 Å². The highest BCUT2D eigenvalue weighted by atomic mass is 35.5. The van der Waals surface area contributed by atoms with E-state index < -0.39 is 6.04 Å². The number of rotatable bonds is 6. The number of carbonyl (C=O) groups is 2. The average Bonchev–Trinajstić information content (AvgIpc) is 2.60. The van der Waals surface area contributed by atoms with Crippen LogP contribution in [-0.4, -0.2) is 49.4 Å². The molecule has 1 aliphatic rings. The summed E-state index contributed by atoms with van der Waals surface area (Å²) in [5, 5.41) is 6.68. The van der Waals surface area contributed by atoms with Crippen LogP contribution in [0.5, 0.6) is 0 Å². The van der Waals surface area contributed by atoms with Crippen molar-refractivity contribution in [3.8, 4) is 0 Å². The van der Waals surface area contributed by atoms with E-state index in [-0.39, 0.29) is 17.7 Å². The smallest absolute Gasteiger partial charge is 0.251 e. The molecule has 6 heteroatoms. The first-order valence-corrected chi connectivity index (χ1v) is 9.30. The van der Waals surface area contributed by atoms with Crippen LogP contribution in [0, 0.1) is 11.8 Å². The summed E-state index contributed by atoms with van der Waals surface area (Å²) >= 11 is 5.86. The Morgan fingerprint density at radius 2 is 1.80 bits per heavy atom. The Labute approximate surface area is 155 Å². The highest BCUT2D eigenvalue weighted by Gasteiger charge is 2.31. The van der Waals surface area contributed by atoms with E-state index in [1.165, 1.54) is 0 Å². The summed E-state index contributed by atoms with van der Waals surface area (Å²) in [6, 6.07) is 6.18. The van der Waals surface area contributed by atoms with Crippen molar-refractivity contribution in [3.63, 3.8) is 0 Å². The number of hydrogen-bond acceptors (Lipinski definition) is 3. The Morgan fingerprint density at radius 1 is 1.20 bits per heavy atom. The molecule has 1 aliphatic heterocycles. The van der Waals surface area contributed by atoms with Gasteiger partial charge in [-0.2, -0.15) is 0 Å². The summed E-state index contributed by atoms with van der Waals surface area (Å²) in [7, 11) is 1.96. The van der Waals surface area contributed by atoms with Gasteiger partial charge >= 0.3 is 0 Å². The predicted molar refractivity (Wildman–Crippen MR) is 101 cm³/mol. The second-order valence-electron chi connectivity index (χ2n) is 7.03. The van der Waals surface area contributed by atoms with Gasteiger partial charge in [0.1, 0.15) is 6.04 Å². The van der Waals surface area contributed by atoms with Crippen LogP contribution in [-0.2, 0) is 4.79 Å². The molecule has 5 nitrogen and oxygen atoms in total. The monoisotopic (exact) mass is 365 g/mol. The lowest BCUT2D eigenvalue weighted by Crippen LogP contribution is -2.53. The molecule has 1 atom stereocenters. The van der Waals surface area contributed by atoms with Crippen molar-refractivity contribution >= 4 is 23.4 Å². The van der Waals surface area contributed by atoms with Gasteiger partial charge in [-0.3, -0.25) is 9.59 Å². The van der Waals surface area contributed by atoms with Crippen LogP contribution in [0.3, 0.4) is 0 Å². The summed E-state index contributed by atoms with van der Waals surface area (Å²) in [5.74, 6) is 0.419. The molecule has 1 fully saturated rings. The number of likely N-dealkylation sites (tertiary alicyclic amines) is 1. The number of nitrogens with one attached hydrogen (secondary N) is 2. The minimum atomic E-state index is -0.510. The molecule has 1 saturated heterocycles. The van der Waals surface area contributed by atoms with Crippen molar-refractivity contribution in [2.45, 2.75) is 32.7 Å². The lowest BCUT2D eigenvalue weighted by molar-refractivity contribution is -0.135. The lowest BCUT2D eigenvalue weighted by Gasteiger charge is -2.35. The van der Waals surface area contributed by atoms with E-state index in [9.17, 15) is 9.59 Å². The Kier molecular flexibility index (Phi) is 7.26. The summed E-state index contributed by atoms with van der Waals surface area (Å²) in [6.07, 6.45) is 2.01. The molecule has 2 amide bonds. The highest BCUT2D eigenvalue weighted by molar-refractivity contribution is 6.30. The third kappa shape index (κ3) is 5.44. The van der Waals surface area contributed by atoms with E-state index >= 15 is 0 Å². The van der Waals surface area contributed by atoms with Crippen molar-refractivity contribution in [2.75, 3.05) is 26.7 Å². The fourth-order valence-electron chi connectivity index (χ4n) is 3.18. The van der Waals surface area contributed by atoms with Gasteiger partial charge in [-0.1, -0.05) is 25.4 Å². The second kappa shape index (κ2) is 9.20. The fourth-order valence-corrected chi connectivity index (χ4v) is 3.31. The van der Waals surface area contributed by atoms with E-state index in [4.69, 9.17) is 11.6 Å². The minimum Gasteiger partial charge on any atom is -0.341 e. The number of halogens is 1. The first-order chi connectivity index (χ1) is 11.9. The molecule has 0 radical (unpaired) electrons. The van der Waals surface area contributed by atoms with Crippen LogP contribution >= 0.6 is 11.6 Å². The zero-order chi connectivity index (χ0) is 18.4. The first-order valence-electron chi connectivity index (χ1n) is 8.92. The minimum absolute atomic E-state index is 0.0141. The summed E-state index contributed by atoms with van der Waals surface area (Å²) in [5.41, 5.74) is 0.510. The molecular formula is C19H28ClN3O2. The third-order valence-corrected chi connectivity index (χ3v) is 5.00. The van der Waals surface area contributed by atoms with Crippen molar-refractivity contribution in [1.82, 2.24) is 15.5 Å². The van der Waals surface area contributed by atoms with E-state index in [0.29, 0.717) is 16.5 Å². The van der Waals surface area contributed by atoms with Gasteiger partial charge in [0.25, 0.3) is 5.91 Å². The molecule has 1 heterocycles. The maximum atomic E-state index is 12.9. The molecule has 25 heavy (non-hydrogen) atoms. The molecule has 0 spiro atoms. The largest absolute Gasteiger partial charge is 0.341 e. The molecule has 1 aromatic rings. The van der Waals surface area contributed by atoms with E-state index in [1.54, 1.807) is 24.3 Å². The third-order valence-electron chi connectivity index (χ3n) is 4.74. The standard InChI is InChI=1S/C19H28ClN3O2/c1-13(2)17(22-18(24)15-4-6-16(20)7-5-15)19(25)23-10-8-14(9-11-23)12-21-3/h4-7,13-14,17,21H,8-12H2,1-3H3,(H,22,24). The normalized spacial score (nSPS) is 16.8. The Hall–Kier alpha value is -1.59. The molecule has 138 valence electrons. The molecule has 0 bridgehead atoms. The average molecular weight is 366 g/mol. The summed E-state index contributed by atoms with van der Waals surface area (Å²) < 4.78 is 0. The van der Waals surface area contributed by atoms with Crippen molar-refractivity contribution in [1.29, 1.82) is 0 Å².